The van der Waals surface area contributed by atoms with E-state index < -0.39 is 0 Å². The van der Waals surface area contributed by atoms with E-state index in [4.69, 9.17) is 4.74 Å². The van der Waals surface area contributed by atoms with Crippen LogP contribution in [0.3, 0.4) is 0 Å². The molecule has 2 heteroatoms. The van der Waals surface area contributed by atoms with E-state index in [2.05, 4.69) is 26.0 Å². The summed E-state index contributed by atoms with van der Waals surface area (Å²) in [4.78, 5) is 11.4. The molecule has 1 aromatic carbocycles. The van der Waals surface area contributed by atoms with Gasteiger partial charge in [0.05, 0.1) is 13.0 Å². The molecule has 0 aromatic heterocycles. The fourth-order valence-corrected chi connectivity index (χ4v) is 1.68. The average Bonchev–Trinajstić information content (AvgIpc) is 2.36. The van der Waals surface area contributed by atoms with Crippen LogP contribution in [0.5, 0.6) is 0 Å². The Hall–Kier alpha value is -1.31. The minimum atomic E-state index is -0.186. The van der Waals surface area contributed by atoms with Crippen LogP contribution in [0.15, 0.2) is 24.3 Å². The molecule has 0 saturated heterocycles. The second-order valence-corrected chi connectivity index (χ2v) is 4.22. The molecule has 16 heavy (non-hydrogen) atoms. The molecule has 1 rings (SSSR count). The highest BCUT2D eigenvalue weighted by atomic mass is 16.5. The van der Waals surface area contributed by atoms with Crippen LogP contribution in [0.1, 0.15) is 50.2 Å². The topological polar surface area (TPSA) is 26.3 Å². The second kappa shape index (κ2) is 5.69. The SMILES string of the molecule is CCC(C)c1cccc(C(C)C(=O)OC)c1. The molecule has 0 aliphatic rings. The monoisotopic (exact) mass is 220 g/mol. The van der Waals surface area contributed by atoms with Crippen molar-refractivity contribution in [2.75, 3.05) is 7.11 Å². The minimum absolute atomic E-state index is 0.179. The molecule has 0 amide bonds. The van der Waals surface area contributed by atoms with Gasteiger partial charge in [-0.15, -0.1) is 0 Å². The van der Waals surface area contributed by atoms with Gasteiger partial charge in [-0.3, -0.25) is 4.79 Å². The summed E-state index contributed by atoms with van der Waals surface area (Å²) in [7, 11) is 1.43. The smallest absolute Gasteiger partial charge is 0.312 e. The largest absolute Gasteiger partial charge is 0.469 e. The Bertz CT molecular complexity index is 358. The Balaban J connectivity index is 2.94. The summed E-state index contributed by atoms with van der Waals surface area (Å²) >= 11 is 0. The summed E-state index contributed by atoms with van der Waals surface area (Å²) in [5.41, 5.74) is 2.32. The average molecular weight is 220 g/mol. The molecule has 0 aliphatic carbocycles. The molecule has 0 N–H and O–H groups in total. The van der Waals surface area contributed by atoms with E-state index in [0.717, 1.165) is 12.0 Å². The summed E-state index contributed by atoms with van der Waals surface area (Å²) in [6, 6.07) is 8.21. The van der Waals surface area contributed by atoms with Crippen LogP contribution in [0.2, 0.25) is 0 Å². The maximum atomic E-state index is 11.4. The van der Waals surface area contributed by atoms with Gasteiger partial charge < -0.3 is 4.74 Å². The zero-order valence-corrected chi connectivity index (χ0v) is 10.5. The van der Waals surface area contributed by atoms with Gasteiger partial charge in [0.15, 0.2) is 0 Å². The molecule has 0 bridgehead atoms. The van der Waals surface area contributed by atoms with Gasteiger partial charge in [0.25, 0.3) is 0 Å². The van der Waals surface area contributed by atoms with Crippen molar-refractivity contribution in [3.8, 4) is 0 Å². The van der Waals surface area contributed by atoms with Crippen molar-refractivity contribution < 1.29 is 9.53 Å². The first-order valence-electron chi connectivity index (χ1n) is 5.77. The molecule has 2 unspecified atom stereocenters. The third-order valence-corrected chi connectivity index (χ3v) is 3.15. The van der Waals surface area contributed by atoms with Crippen molar-refractivity contribution in [1.82, 2.24) is 0 Å². The fourth-order valence-electron chi connectivity index (χ4n) is 1.68. The molecule has 0 radical (unpaired) electrons. The van der Waals surface area contributed by atoms with Crippen molar-refractivity contribution >= 4 is 5.97 Å². The zero-order chi connectivity index (χ0) is 12.1. The van der Waals surface area contributed by atoms with E-state index in [1.165, 1.54) is 12.7 Å². The zero-order valence-electron chi connectivity index (χ0n) is 10.5. The Morgan fingerprint density at radius 3 is 2.50 bits per heavy atom. The lowest BCUT2D eigenvalue weighted by Crippen LogP contribution is -2.11. The molecule has 2 atom stereocenters. The van der Waals surface area contributed by atoms with Gasteiger partial charge >= 0.3 is 5.97 Å². The predicted octanol–water partition coefficient (Wildman–Crippen LogP) is 3.48. The lowest BCUT2D eigenvalue weighted by molar-refractivity contribution is -0.141. The number of benzene rings is 1. The summed E-state index contributed by atoms with van der Waals surface area (Å²) in [6.07, 6.45) is 1.11. The van der Waals surface area contributed by atoms with Crippen molar-refractivity contribution in [2.24, 2.45) is 0 Å². The van der Waals surface area contributed by atoms with Crippen LogP contribution >= 0.6 is 0 Å². The summed E-state index contributed by atoms with van der Waals surface area (Å²) in [5, 5.41) is 0. The van der Waals surface area contributed by atoms with Gasteiger partial charge in [-0.1, -0.05) is 38.1 Å². The molecule has 0 spiro atoms. The number of esters is 1. The van der Waals surface area contributed by atoms with E-state index in [9.17, 15) is 4.79 Å². The van der Waals surface area contributed by atoms with Crippen LogP contribution < -0.4 is 0 Å². The number of rotatable bonds is 4. The minimum Gasteiger partial charge on any atom is -0.469 e. The molecular weight excluding hydrogens is 200 g/mol. The number of hydrogen-bond donors (Lipinski definition) is 0. The molecule has 2 nitrogen and oxygen atoms in total. The number of carbonyl (C=O) groups is 1. The molecule has 0 heterocycles. The fraction of sp³-hybridized carbons (Fsp3) is 0.500. The molecule has 0 saturated carbocycles. The van der Waals surface area contributed by atoms with E-state index in [-0.39, 0.29) is 11.9 Å². The number of carbonyl (C=O) groups excluding carboxylic acids is 1. The summed E-state index contributed by atoms with van der Waals surface area (Å²) < 4.78 is 4.75. The molecule has 0 fully saturated rings. The predicted molar refractivity (Wildman–Crippen MR) is 65.6 cm³/mol. The van der Waals surface area contributed by atoms with Crippen molar-refractivity contribution in [3.63, 3.8) is 0 Å². The van der Waals surface area contributed by atoms with Crippen molar-refractivity contribution in [1.29, 1.82) is 0 Å². The van der Waals surface area contributed by atoms with Crippen LogP contribution in [0.4, 0.5) is 0 Å². The Morgan fingerprint density at radius 2 is 1.94 bits per heavy atom. The Kier molecular flexibility index (Phi) is 4.53. The molecule has 1 aromatic rings. The van der Waals surface area contributed by atoms with E-state index in [0.29, 0.717) is 5.92 Å². The van der Waals surface area contributed by atoms with Crippen LogP contribution in [0.25, 0.3) is 0 Å². The molecule has 88 valence electrons. The highest BCUT2D eigenvalue weighted by Gasteiger charge is 2.16. The third kappa shape index (κ3) is 2.84. The quantitative estimate of drug-likeness (QED) is 0.726. The van der Waals surface area contributed by atoms with Gasteiger partial charge in [0.2, 0.25) is 0 Å². The Morgan fingerprint density at radius 1 is 1.31 bits per heavy atom. The van der Waals surface area contributed by atoms with E-state index in [1.807, 2.05) is 19.1 Å². The number of hydrogen-bond acceptors (Lipinski definition) is 2. The standard InChI is InChI=1S/C14H20O2/c1-5-10(2)12-7-6-8-13(9-12)11(3)14(15)16-4/h6-11H,5H2,1-4H3. The lowest BCUT2D eigenvalue weighted by Gasteiger charge is -2.14. The van der Waals surface area contributed by atoms with Crippen LogP contribution in [-0.2, 0) is 9.53 Å². The van der Waals surface area contributed by atoms with Crippen molar-refractivity contribution in [2.45, 2.75) is 39.0 Å². The van der Waals surface area contributed by atoms with Gasteiger partial charge in [0, 0.05) is 0 Å². The number of methoxy groups -OCH3 is 1. The maximum absolute atomic E-state index is 11.4. The summed E-state index contributed by atoms with van der Waals surface area (Å²) in [6.45, 7) is 6.24. The van der Waals surface area contributed by atoms with Gasteiger partial charge in [-0.25, -0.2) is 0 Å². The molecular formula is C14H20O2. The normalized spacial score (nSPS) is 14.2. The first-order valence-corrected chi connectivity index (χ1v) is 5.77. The van der Waals surface area contributed by atoms with Crippen molar-refractivity contribution in [3.05, 3.63) is 35.4 Å². The van der Waals surface area contributed by atoms with Crippen LogP contribution in [-0.4, -0.2) is 13.1 Å². The maximum Gasteiger partial charge on any atom is 0.312 e. The highest BCUT2D eigenvalue weighted by molar-refractivity contribution is 5.77. The van der Waals surface area contributed by atoms with E-state index >= 15 is 0 Å². The first kappa shape index (κ1) is 12.8. The van der Waals surface area contributed by atoms with Gasteiger partial charge in [-0.2, -0.15) is 0 Å². The van der Waals surface area contributed by atoms with E-state index in [1.54, 1.807) is 0 Å². The number of ether oxygens (including phenoxy) is 1. The summed E-state index contributed by atoms with van der Waals surface area (Å²) in [5.74, 6) is 0.167. The first-order chi connectivity index (χ1) is 7.60. The van der Waals surface area contributed by atoms with Gasteiger partial charge in [0.1, 0.15) is 0 Å². The van der Waals surface area contributed by atoms with Crippen LogP contribution in [0, 0.1) is 0 Å². The third-order valence-electron chi connectivity index (χ3n) is 3.15. The molecule has 0 aliphatic heterocycles. The van der Waals surface area contributed by atoms with Gasteiger partial charge in [-0.05, 0) is 30.4 Å². The lowest BCUT2D eigenvalue weighted by atomic mass is 9.93. The Labute approximate surface area is 97.6 Å². The highest BCUT2D eigenvalue weighted by Crippen LogP contribution is 2.23. The second-order valence-electron chi connectivity index (χ2n) is 4.22.